The molecule has 0 unspecified atom stereocenters. The zero-order valence-electron chi connectivity index (χ0n) is 10.5. The molecule has 0 bridgehead atoms. The maximum absolute atomic E-state index is 11.1. The van der Waals surface area contributed by atoms with Crippen molar-refractivity contribution in [2.24, 2.45) is 5.73 Å². The summed E-state index contributed by atoms with van der Waals surface area (Å²) in [6, 6.07) is 9.29. The molecule has 7 heteroatoms. The van der Waals surface area contributed by atoms with Crippen LogP contribution in [0.5, 0.6) is 0 Å². The molecule has 0 aliphatic rings. The molecule has 0 aliphatic carbocycles. The van der Waals surface area contributed by atoms with E-state index in [1.165, 1.54) is 0 Å². The van der Waals surface area contributed by atoms with E-state index in [9.17, 15) is 8.42 Å². The second-order valence-electron chi connectivity index (χ2n) is 4.40. The number of aromatic nitrogens is 2. The predicted molar refractivity (Wildman–Crippen MR) is 69.9 cm³/mol. The molecule has 1 atom stereocenters. The summed E-state index contributed by atoms with van der Waals surface area (Å²) >= 11 is 0. The third-order valence-electron chi connectivity index (χ3n) is 2.52. The van der Waals surface area contributed by atoms with Crippen molar-refractivity contribution >= 4 is 9.84 Å². The van der Waals surface area contributed by atoms with Crippen molar-refractivity contribution in [3.05, 3.63) is 47.6 Å². The van der Waals surface area contributed by atoms with Crippen molar-refractivity contribution in [1.29, 1.82) is 0 Å². The molecule has 0 fully saturated rings. The van der Waals surface area contributed by atoms with Gasteiger partial charge in [-0.15, -0.1) is 0 Å². The van der Waals surface area contributed by atoms with Gasteiger partial charge in [0.2, 0.25) is 5.89 Å². The van der Waals surface area contributed by atoms with Crippen LogP contribution in [0.2, 0.25) is 0 Å². The molecule has 102 valence electrons. The maximum Gasteiger partial charge on any atom is 0.228 e. The molecule has 2 rings (SSSR count). The van der Waals surface area contributed by atoms with Crippen molar-refractivity contribution in [3.63, 3.8) is 0 Å². The van der Waals surface area contributed by atoms with Crippen LogP contribution in [0, 0.1) is 0 Å². The van der Waals surface area contributed by atoms with Gasteiger partial charge in [0.1, 0.15) is 5.75 Å². The second kappa shape index (κ2) is 5.50. The first-order chi connectivity index (χ1) is 8.94. The first-order valence-corrected chi connectivity index (χ1v) is 7.80. The van der Waals surface area contributed by atoms with Gasteiger partial charge in [-0.3, -0.25) is 0 Å². The van der Waals surface area contributed by atoms with E-state index in [1.54, 1.807) is 0 Å². The van der Waals surface area contributed by atoms with Gasteiger partial charge in [-0.05, 0) is 5.56 Å². The van der Waals surface area contributed by atoms with Gasteiger partial charge in [0, 0.05) is 18.7 Å². The lowest BCUT2D eigenvalue weighted by Crippen LogP contribution is -2.13. The zero-order chi connectivity index (χ0) is 13.9. The van der Waals surface area contributed by atoms with Crippen molar-refractivity contribution in [1.82, 2.24) is 10.1 Å². The number of hydrogen-bond acceptors (Lipinski definition) is 6. The van der Waals surface area contributed by atoms with Gasteiger partial charge < -0.3 is 10.3 Å². The van der Waals surface area contributed by atoms with Crippen LogP contribution in [0.25, 0.3) is 0 Å². The fourth-order valence-electron chi connectivity index (χ4n) is 1.67. The van der Waals surface area contributed by atoms with E-state index in [0.717, 1.165) is 11.8 Å². The summed E-state index contributed by atoms with van der Waals surface area (Å²) in [6.07, 6.45) is 1.50. The molecule has 1 heterocycles. The lowest BCUT2D eigenvalue weighted by molar-refractivity contribution is 0.366. The summed E-state index contributed by atoms with van der Waals surface area (Å²) in [6.45, 7) is 0. The molecule has 2 N–H and O–H groups in total. The Labute approximate surface area is 111 Å². The molecule has 19 heavy (non-hydrogen) atoms. The van der Waals surface area contributed by atoms with Crippen LogP contribution in [-0.2, 0) is 22.0 Å². The van der Waals surface area contributed by atoms with Crippen molar-refractivity contribution in [2.75, 3.05) is 6.26 Å². The van der Waals surface area contributed by atoms with Crippen LogP contribution in [0.15, 0.2) is 34.9 Å². The summed E-state index contributed by atoms with van der Waals surface area (Å²) in [5, 5.41) is 3.63. The lowest BCUT2D eigenvalue weighted by atomic mass is 10.1. The number of sulfone groups is 1. The molecule has 0 amide bonds. The minimum atomic E-state index is -3.16. The second-order valence-corrected chi connectivity index (χ2v) is 6.54. The van der Waals surface area contributed by atoms with Crippen LogP contribution in [0.1, 0.15) is 23.3 Å². The third-order valence-corrected chi connectivity index (χ3v) is 3.31. The molecule has 1 aromatic carbocycles. The third kappa shape index (κ3) is 4.15. The van der Waals surface area contributed by atoms with E-state index in [4.69, 9.17) is 10.3 Å². The van der Waals surface area contributed by atoms with E-state index in [1.807, 2.05) is 30.3 Å². The molecular formula is C12H15N3O3S. The minimum absolute atomic E-state index is 0.165. The van der Waals surface area contributed by atoms with Crippen LogP contribution >= 0.6 is 0 Å². The highest BCUT2D eigenvalue weighted by Gasteiger charge is 2.15. The zero-order valence-corrected chi connectivity index (χ0v) is 11.3. The highest BCUT2D eigenvalue weighted by Crippen LogP contribution is 2.14. The van der Waals surface area contributed by atoms with Crippen molar-refractivity contribution in [2.45, 2.75) is 18.2 Å². The van der Waals surface area contributed by atoms with Crippen LogP contribution < -0.4 is 5.73 Å². The Kier molecular flexibility index (Phi) is 3.96. The van der Waals surface area contributed by atoms with Crippen LogP contribution in [-0.4, -0.2) is 24.8 Å². The lowest BCUT2D eigenvalue weighted by Gasteiger charge is -2.08. The summed E-state index contributed by atoms with van der Waals surface area (Å²) in [4.78, 5) is 4.02. The average Bonchev–Trinajstić information content (AvgIpc) is 2.75. The van der Waals surface area contributed by atoms with Gasteiger partial charge in [-0.1, -0.05) is 35.5 Å². The quantitative estimate of drug-likeness (QED) is 0.872. The van der Waals surface area contributed by atoms with Gasteiger partial charge >= 0.3 is 0 Å². The maximum atomic E-state index is 11.1. The number of hydrogen-bond donors (Lipinski definition) is 1. The number of benzene rings is 1. The fourth-order valence-corrected chi connectivity index (χ4v) is 2.26. The van der Waals surface area contributed by atoms with E-state index < -0.39 is 9.84 Å². The first-order valence-electron chi connectivity index (χ1n) is 5.74. The van der Waals surface area contributed by atoms with Crippen molar-refractivity contribution < 1.29 is 12.9 Å². The summed E-state index contributed by atoms with van der Waals surface area (Å²) in [5.41, 5.74) is 6.98. The highest BCUT2D eigenvalue weighted by atomic mass is 32.2. The average molecular weight is 281 g/mol. The van der Waals surface area contributed by atoms with Crippen molar-refractivity contribution in [3.8, 4) is 0 Å². The number of rotatable bonds is 5. The number of nitrogens with two attached hydrogens (primary N) is 1. The van der Waals surface area contributed by atoms with Gasteiger partial charge in [-0.25, -0.2) is 8.42 Å². The van der Waals surface area contributed by atoms with Gasteiger partial charge in [0.15, 0.2) is 15.7 Å². The van der Waals surface area contributed by atoms with Gasteiger partial charge in [0.05, 0.1) is 0 Å². The molecule has 0 spiro atoms. The first kappa shape index (κ1) is 13.7. The molecule has 0 radical (unpaired) electrons. The van der Waals surface area contributed by atoms with Crippen LogP contribution in [0.3, 0.4) is 0 Å². The van der Waals surface area contributed by atoms with Gasteiger partial charge in [0.25, 0.3) is 0 Å². The van der Waals surface area contributed by atoms with Gasteiger partial charge in [-0.2, -0.15) is 4.98 Å². The summed E-state index contributed by atoms with van der Waals surface area (Å²) in [5.74, 6) is 0.282. The molecular weight excluding hydrogens is 266 g/mol. The molecule has 0 saturated carbocycles. The van der Waals surface area contributed by atoms with Crippen LogP contribution in [0.4, 0.5) is 0 Å². The smallest absolute Gasteiger partial charge is 0.228 e. The Bertz CT molecular complexity index is 637. The largest absolute Gasteiger partial charge is 0.339 e. The summed E-state index contributed by atoms with van der Waals surface area (Å²) in [7, 11) is -3.16. The Hall–Kier alpha value is -1.73. The molecule has 6 nitrogen and oxygen atoms in total. The SMILES string of the molecule is CS(=O)(=O)Cc1noc(C[C@@H](N)c2ccccc2)n1. The Morgan fingerprint density at radius 1 is 1.32 bits per heavy atom. The Balaban J connectivity index is 2.04. The molecule has 0 aliphatic heterocycles. The Morgan fingerprint density at radius 2 is 2.00 bits per heavy atom. The van der Waals surface area contributed by atoms with E-state index >= 15 is 0 Å². The normalized spacial score (nSPS) is 13.4. The molecule has 2 aromatic rings. The summed E-state index contributed by atoms with van der Waals surface area (Å²) < 4.78 is 27.2. The highest BCUT2D eigenvalue weighted by molar-refractivity contribution is 7.89. The molecule has 0 saturated heterocycles. The predicted octanol–water partition coefficient (Wildman–Crippen LogP) is 0.857. The molecule has 1 aromatic heterocycles. The standard InChI is InChI=1S/C12H15N3O3S/c1-19(16,17)8-11-14-12(18-15-11)7-10(13)9-5-3-2-4-6-9/h2-6,10H,7-8,13H2,1H3/t10-/m1/s1. The fraction of sp³-hybridized carbons (Fsp3) is 0.333. The van der Waals surface area contributed by atoms with E-state index in [0.29, 0.717) is 12.3 Å². The number of nitrogens with zero attached hydrogens (tertiary/aromatic N) is 2. The minimum Gasteiger partial charge on any atom is -0.339 e. The topological polar surface area (TPSA) is 99.1 Å². The van der Waals surface area contributed by atoms with E-state index in [2.05, 4.69) is 10.1 Å². The Morgan fingerprint density at radius 3 is 2.63 bits per heavy atom. The monoisotopic (exact) mass is 281 g/mol. The van der Waals surface area contributed by atoms with E-state index in [-0.39, 0.29) is 17.6 Å².